The Bertz CT molecular complexity index is 1060. The van der Waals surface area contributed by atoms with Crippen LogP contribution < -0.4 is 10.6 Å². The predicted octanol–water partition coefficient (Wildman–Crippen LogP) is 0.0569. The normalized spacial score (nSPS) is 16.4. The van der Waals surface area contributed by atoms with Crippen molar-refractivity contribution in [2.24, 2.45) is 0 Å². The number of carbonyl (C=O) groups excluding carboxylic acids is 4. The highest BCUT2D eigenvalue weighted by Crippen LogP contribution is 2.29. The van der Waals surface area contributed by atoms with E-state index < -0.39 is 63.9 Å². The van der Waals surface area contributed by atoms with Crippen LogP contribution in [0, 0.1) is 10.1 Å². The van der Waals surface area contributed by atoms with Gasteiger partial charge in [0.05, 0.1) is 11.5 Å². The van der Waals surface area contributed by atoms with Crippen molar-refractivity contribution in [2.75, 3.05) is 17.2 Å². The average Bonchev–Trinajstić information content (AvgIpc) is 2.66. The van der Waals surface area contributed by atoms with E-state index >= 15 is 0 Å². The molecule has 13 nitrogen and oxygen atoms in total. The highest BCUT2D eigenvalue weighted by molar-refractivity contribution is 6.23. The van der Waals surface area contributed by atoms with Gasteiger partial charge in [0.2, 0.25) is 0 Å². The first-order valence-corrected chi connectivity index (χ1v) is 8.54. The molecule has 31 heavy (non-hydrogen) atoms. The van der Waals surface area contributed by atoms with Gasteiger partial charge in [-0.05, 0) is 19.9 Å². The summed E-state index contributed by atoms with van der Waals surface area (Å²) in [5.74, 6) is -5.34. The Hall–Kier alpha value is -4.10. The molecule has 0 saturated heterocycles. The first kappa shape index (κ1) is 23.2. The monoisotopic (exact) mass is 435 g/mol. The van der Waals surface area contributed by atoms with E-state index in [4.69, 9.17) is 5.11 Å². The van der Waals surface area contributed by atoms with Crippen LogP contribution in [0.4, 0.5) is 17.1 Å². The minimum Gasteiger partial charge on any atom is -0.506 e. The minimum atomic E-state index is -1.76. The first-order chi connectivity index (χ1) is 14.5. The molecule has 1 aliphatic heterocycles. The molecule has 0 aromatic heterocycles. The summed E-state index contributed by atoms with van der Waals surface area (Å²) in [6.45, 7) is 1.38. The van der Waals surface area contributed by atoms with Crippen molar-refractivity contribution in [3.8, 4) is 0 Å². The van der Waals surface area contributed by atoms with Crippen LogP contribution in [0.1, 0.15) is 13.8 Å². The molecule has 164 valence electrons. The number of nitrogens with zero attached hydrogens (tertiary/aromatic N) is 1. The summed E-state index contributed by atoms with van der Waals surface area (Å²) < 4.78 is 4.45. The van der Waals surface area contributed by atoms with E-state index in [1.807, 2.05) is 0 Å². The summed E-state index contributed by atoms with van der Waals surface area (Å²) in [6, 6.07) is 3.22. The molecule has 5 N–H and O–H groups in total. The Balaban J connectivity index is 2.50. The fourth-order valence-corrected chi connectivity index (χ4v) is 2.59. The molecular weight excluding hydrogens is 418 g/mol. The topological polar surface area (TPSA) is 205 Å². The molecule has 0 fully saturated rings. The second-order valence-corrected chi connectivity index (χ2v) is 6.30. The standard InChI is InChI=1S/C18H17N3O10/c1-7(13-15(25)14(8(2)23)18(28)31-17(13)27)19-9-3-10(5-11(4-9)21(29)30)20-16(26)12(24)6-22/h3-5,12,19,22,24-25H,6H2,1-2H3,(H,20,26)/b13-7-. The lowest BCUT2D eigenvalue weighted by Crippen LogP contribution is -2.30. The fraction of sp³-hybridized carbons (Fsp3) is 0.222. The Morgan fingerprint density at radius 3 is 2.23 bits per heavy atom. The zero-order valence-corrected chi connectivity index (χ0v) is 16.2. The zero-order valence-electron chi connectivity index (χ0n) is 16.2. The largest absolute Gasteiger partial charge is 0.506 e. The number of rotatable bonds is 7. The lowest BCUT2D eigenvalue weighted by molar-refractivity contribution is -0.384. The van der Waals surface area contributed by atoms with Crippen LogP contribution >= 0.6 is 0 Å². The van der Waals surface area contributed by atoms with Gasteiger partial charge < -0.3 is 30.7 Å². The number of esters is 2. The molecule has 1 aromatic carbocycles. The number of hydrogen-bond donors (Lipinski definition) is 5. The zero-order chi connectivity index (χ0) is 23.5. The van der Waals surface area contributed by atoms with Crippen molar-refractivity contribution in [3.63, 3.8) is 0 Å². The number of aliphatic hydroxyl groups is 3. The smallest absolute Gasteiger partial charge is 0.353 e. The van der Waals surface area contributed by atoms with E-state index in [-0.39, 0.29) is 17.1 Å². The number of carbonyl (C=O) groups is 4. The molecule has 13 heteroatoms. The molecule has 1 heterocycles. The lowest BCUT2D eigenvalue weighted by Gasteiger charge is -2.18. The number of allylic oxidation sites excluding steroid dienone is 1. The van der Waals surface area contributed by atoms with Crippen LogP contribution in [0.5, 0.6) is 0 Å². The molecule has 0 radical (unpaired) electrons. The number of nitrogens with one attached hydrogen (secondary N) is 2. The van der Waals surface area contributed by atoms with Crippen LogP contribution in [0.25, 0.3) is 0 Å². The fourth-order valence-electron chi connectivity index (χ4n) is 2.59. The number of Topliss-reactive ketones (excluding diaryl/α,β-unsaturated/α-hetero) is 1. The third-order valence-corrected chi connectivity index (χ3v) is 4.00. The lowest BCUT2D eigenvalue weighted by atomic mass is 10.0. The molecule has 2 rings (SSSR count). The Labute approximate surface area is 173 Å². The summed E-state index contributed by atoms with van der Waals surface area (Å²) in [4.78, 5) is 57.4. The average molecular weight is 435 g/mol. The van der Waals surface area contributed by atoms with E-state index in [9.17, 15) is 39.5 Å². The number of benzene rings is 1. The van der Waals surface area contributed by atoms with Crippen LogP contribution in [-0.2, 0) is 23.9 Å². The van der Waals surface area contributed by atoms with Gasteiger partial charge in [-0.25, -0.2) is 9.59 Å². The quantitative estimate of drug-likeness (QED) is 0.0966. The van der Waals surface area contributed by atoms with Gasteiger partial charge in [-0.2, -0.15) is 0 Å². The van der Waals surface area contributed by atoms with E-state index in [0.717, 1.165) is 19.1 Å². The minimum absolute atomic E-state index is 0.0325. The summed E-state index contributed by atoms with van der Waals surface area (Å²) >= 11 is 0. The first-order valence-electron chi connectivity index (χ1n) is 8.54. The van der Waals surface area contributed by atoms with Crippen molar-refractivity contribution in [1.82, 2.24) is 0 Å². The Kier molecular flexibility index (Phi) is 6.84. The van der Waals surface area contributed by atoms with Crippen LogP contribution in [0.3, 0.4) is 0 Å². The number of ketones is 1. The van der Waals surface area contributed by atoms with Gasteiger partial charge in [0.15, 0.2) is 11.9 Å². The second kappa shape index (κ2) is 9.15. The molecule has 0 saturated carbocycles. The molecular formula is C18H17N3O10. The van der Waals surface area contributed by atoms with E-state index in [1.165, 1.54) is 13.0 Å². The number of non-ortho nitro benzene ring substituents is 1. The van der Waals surface area contributed by atoms with Crippen molar-refractivity contribution in [3.05, 3.63) is 50.9 Å². The third-order valence-electron chi connectivity index (χ3n) is 4.00. The number of nitro groups is 1. The van der Waals surface area contributed by atoms with Gasteiger partial charge in [-0.1, -0.05) is 0 Å². The molecule has 0 bridgehead atoms. The van der Waals surface area contributed by atoms with E-state index in [2.05, 4.69) is 15.4 Å². The summed E-state index contributed by atoms with van der Waals surface area (Å²) in [5, 5.41) is 44.3. The Morgan fingerprint density at radius 1 is 1.13 bits per heavy atom. The highest BCUT2D eigenvalue weighted by atomic mass is 16.6. The van der Waals surface area contributed by atoms with E-state index in [1.54, 1.807) is 0 Å². The number of ether oxygens (including phenoxy) is 1. The van der Waals surface area contributed by atoms with Crippen LogP contribution in [0.2, 0.25) is 0 Å². The highest BCUT2D eigenvalue weighted by Gasteiger charge is 2.36. The van der Waals surface area contributed by atoms with Crippen molar-refractivity contribution in [1.29, 1.82) is 0 Å². The number of amides is 1. The van der Waals surface area contributed by atoms with Gasteiger partial charge in [0, 0.05) is 29.2 Å². The number of cyclic esters (lactones) is 2. The molecule has 0 aliphatic carbocycles. The molecule has 0 spiro atoms. The summed E-state index contributed by atoms with van der Waals surface area (Å²) in [5.41, 5.74) is -2.05. The Morgan fingerprint density at radius 2 is 1.71 bits per heavy atom. The molecule has 1 aromatic rings. The van der Waals surface area contributed by atoms with Crippen LogP contribution in [0.15, 0.2) is 40.8 Å². The maximum Gasteiger partial charge on any atom is 0.353 e. The maximum atomic E-state index is 12.0. The molecule has 1 aliphatic rings. The summed E-state index contributed by atoms with van der Waals surface area (Å²) in [7, 11) is 0. The van der Waals surface area contributed by atoms with Gasteiger partial charge >= 0.3 is 11.9 Å². The molecule has 1 atom stereocenters. The van der Waals surface area contributed by atoms with Gasteiger partial charge in [0.25, 0.3) is 11.6 Å². The van der Waals surface area contributed by atoms with E-state index in [0.29, 0.717) is 0 Å². The number of hydrogen-bond acceptors (Lipinski definition) is 11. The van der Waals surface area contributed by atoms with Gasteiger partial charge in [-0.15, -0.1) is 0 Å². The van der Waals surface area contributed by atoms with Gasteiger partial charge in [-0.3, -0.25) is 19.7 Å². The summed E-state index contributed by atoms with van der Waals surface area (Å²) in [6.07, 6.45) is -1.76. The predicted molar refractivity (Wildman–Crippen MR) is 103 cm³/mol. The number of aliphatic hydroxyl groups excluding tert-OH is 3. The van der Waals surface area contributed by atoms with Crippen molar-refractivity contribution >= 4 is 40.7 Å². The van der Waals surface area contributed by atoms with Crippen molar-refractivity contribution in [2.45, 2.75) is 20.0 Å². The molecule has 1 amide bonds. The number of anilines is 2. The second-order valence-electron chi connectivity index (χ2n) is 6.30. The van der Waals surface area contributed by atoms with Crippen molar-refractivity contribution < 1.29 is 44.2 Å². The maximum absolute atomic E-state index is 12.0. The van der Waals surface area contributed by atoms with Crippen LogP contribution in [-0.4, -0.2) is 56.6 Å². The molecule has 1 unspecified atom stereocenters. The number of nitro benzene ring substituents is 1. The van der Waals surface area contributed by atoms with Gasteiger partial charge in [0.1, 0.15) is 16.9 Å². The SMILES string of the molecule is CC(=O)C1=C(O)/C(=C(\C)Nc2cc(NC(=O)C(O)CO)cc([N+](=O)[O-])c2)C(=O)OC1=O. The third kappa shape index (κ3) is 5.09.